The predicted octanol–water partition coefficient (Wildman–Crippen LogP) is 3.62. The van der Waals surface area contributed by atoms with Gasteiger partial charge in [-0.1, -0.05) is 24.3 Å². The maximum absolute atomic E-state index is 12.7. The van der Waals surface area contributed by atoms with E-state index in [1.807, 2.05) is 0 Å². The van der Waals surface area contributed by atoms with Crippen LogP contribution in [0.15, 0.2) is 105 Å². The van der Waals surface area contributed by atoms with Crippen molar-refractivity contribution in [2.24, 2.45) is 0 Å². The van der Waals surface area contributed by atoms with Crippen molar-refractivity contribution < 1.29 is 33.7 Å². The molecular weight excluding hydrogens is 729 g/mol. The number of sulfone groups is 2. The molecule has 0 unspecified atom stereocenters. The van der Waals surface area contributed by atoms with Crippen molar-refractivity contribution in [3.05, 3.63) is 84.9 Å². The molecule has 6 rings (SSSR count). The molecule has 16 nitrogen and oxygen atoms in total. The second-order valence-electron chi connectivity index (χ2n) is 10.8. The van der Waals surface area contributed by atoms with Crippen molar-refractivity contribution in [2.75, 3.05) is 46.7 Å². The molecule has 0 radical (unpaired) electrons. The average molecular weight is 761 g/mol. The molecule has 6 aromatic rings. The SMILES string of the molecule is CNc1n[nH]c2ccc(NS(=O)(=O)c3ccccc3S(C)(=O)=O)cc12.CNc1n[nH]c2ccc(NS(=O)(=O)c3ccccc3S(C)(=O)=O)cc12. The van der Waals surface area contributed by atoms with E-state index in [1.165, 1.54) is 48.5 Å². The molecule has 6 N–H and O–H groups in total. The molecule has 0 aliphatic rings. The Bertz CT molecular complexity index is 2490. The van der Waals surface area contributed by atoms with Crippen molar-refractivity contribution >= 4 is 84.5 Å². The van der Waals surface area contributed by atoms with Crippen molar-refractivity contribution in [3.63, 3.8) is 0 Å². The molecule has 0 fully saturated rings. The summed E-state index contributed by atoms with van der Waals surface area (Å²) in [5.74, 6) is 1.15. The minimum atomic E-state index is -4.08. The smallest absolute Gasteiger partial charge is 0.263 e. The topological polar surface area (TPSA) is 242 Å². The first-order chi connectivity index (χ1) is 23.4. The number of hydrogen-bond donors (Lipinski definition) is 6. The standard InChI is InChI=1S/2C15H16N4O4S2/c2*1-16-15-11-9-10(7-8-12(11)17-18-15)19-25(22,23)14-6-4-3-5-13(14)24(2,20)21/h2*3-9,19H,1-2H3,(H2,16,17,18). The molecule has 0 saturated heterocycles. The molecule has 0 aliphatic heterocycles. The molecular formula is C30H32N8O8S4. The van der Waals surface area contributed by atoms with Gasteiger partial charge in [0.25, 0.3) is 20.0 Å². The Morgan fingerprint density at radius 2 is 0.840 bits per heavy atom. The second kappa shape index (κ2) is 13.6. The summed E-state index contributed by atoms with van der Waals surface area (Å²) in [5.41, 5.74) is 2.08. The number of anilines is 4. The number of rotatable bonds is 10. The fraction of sp³-hybridized carbons (Fsp3) is 0.133. The number of nitrogens with one attached hydrogen (secondary N) is 6. The van der Waals surface area contributed by atoms with Gasteiger partial charge in [-0.05, 0) is 60.7 Å². The van der Waals surface area contributed by atoms with Crippen LogP contribution in [0.5, 0.6) is 0 Å². The molecule has 0 aliphatic carbocycles. The Kier molecular flexibility index (Phi) is 9.83. The van der Waals surface area contributed by atoms with Crippen LogP contribution in [0.1, 0.15) is 0 Å². The Hall–Kier alpha value is -5.18. The fourth-order valence-electron chi connectivity index (χ4n) is 4.91. The highest BCUT2D eigenvalue weighted by molar-refractivity contribution is 7.95. The first-order valence-corrected chi connectivity index (χ1v) is 21.1. The van der Waals surface area contributed by atoms with Crippen molar-refractivity contribution in [3.8, 4) is 0 Å². The highest BCUT2D eigenvalue weighted by Gasteiger charge is 2.25. The van der Waals surface area contributed by atoms with Crippen molar-refractivity contribution in [1.29, 1.82) is 0 Å². The van der Waals surface area contributed by atoms with E-state index in [9.17, 15) is 33.7 Å². The predicted molar refractivity (Wildman–Crippen MR) is 192 cm³/mol. The number of H-pyrrole nitrogens is 2. The van der Waals surface area contributed by atoms with E-state index in [0.29, 0.717) is 33.8 Å². The summed E-state index contributed by atoms with van der Waals surface area (Å²) < 4.78 is 103. The summed E-state index contributed by atoms with van der Waals surface area (Å²) in [6.45, 7) is 0. The van der Waals surface area contributed by atoms with Crippen LogP contribution in [0.4, 0.5) is 23.0 Å². The summed E-state index contributed by atoms with van der Waals surface area (Å²) in [7, 11) is -12.1. The van der Waals surface area contributed by atoms with Crippen LogP contribution < -0.4 is 20.1 Å². The quantitative estimate of drug-likeness (QED) is 0.117. The Morgan fingerprint density at radius 1 is 0.500 bits per heavy atom. The van der Waals surface area contributed by atoms with Gasteiger partial charge in [-0.3, -0.25) is 19.6 Å². The first-order valence-electron chi connectivity index (χ1n) is 14.4. The Balaban J connectivity index is 0.000000194. The van der Waals surface area contributed by atoms with Crippen LogP contribution in [-0.2, 0) is 39.7 Å². The molecule has 2 heterocycles. The lowest BCUT2D eigenvalue weighted by Crippen LogP contribution is -2.16. The van der Waals surface area contributed by atoms with E-state index >= 15 is 0 Å². The van der Waals surface area contributed by atoms with Gasteiger partial charge in [0.2, 0.25) is 0 Å². The van der Waals surface area contributed by atoms with Gasteiger partial charge in [0.05, 0.1) is 20.8 Å². The first kappa shape index (κ1) is 36.1. The lowest BCUT2D eigenvalue weighted by atomic mass is 10.2. The van der Waals surface area contributed by atoms with Gasteiger partial charge in [0.1, 0.15) is 9.79 Å². The molecule has 0 atom stereocenters. The Morgan fingerprint density at radius 3 is 1.16 bits per heavy atom. The zero-order chi connectivity index (χ0) is 36.5. The molecule has 0 amide bonds. The zero-order valence-electron chi connectivity index (χ0n) is 26.9. The van der Waals surface area contributed by atoms with Gasteiger partial charge in [0, 0.05) is 48.8 Å². The monoisotopic (exact) mass is 760 g/mol. The maximum Gasteiger partial charge on any atom is 0.263 e. The molecule has 264 valence electrons. The highest BCUT2D eigenvalue weighted by atomic mass is 32.2. The van der Waals surface area contributed by atoms with Gasteiger partial charge in [0.15, 0.2) is 31.3 Å². The number of hydrogen-bond acceptors (Lipinski definition) is 12. The van der Waals surface area contributed by atoms with Gasteiger partial charge in [-0.15, -0.1) is 0 Å². The van der Waals surface area contributed by atoms with Gasteiger partial charge in [-0.2, -0.15) is 10.2 Å². The van der Waals surface area contributed by atoms with Crippen LogP contribution in [0.3, 0.4) is 0 Å². The third-order valence-electron chi connectivity index (χ3n) is 7.18. The van der Waals surface area contributed by atoms with Crippen molar-refractivity contribution in [1.82, 2.24) is 20.4 Å². The zero-order valence-corrected chi connectivity index (χ0v) is 30.1. The number of sulfonamides is 2. The van der Waals surface area contributed by atoms with E-state index in [-0.39, 0.29) is 19.6 Å². The molecule has 0 saturated carbocycles. The number of aromatic nitrogens is 4. The average Bonchev–Trinajstić information content (AvgIpc) is 3.67. The van der Waals surface area contributed by atoms with Crippen LogP contribution in [0.2, 0.25) is 0 Å². The van der Waals surface area contributed by atoms with E-state index in [4.69, 9.17) is 0 Å². The molecule has 20 heteroatoms. The molecule has 4 aromatic carbocycles. The van der Waals surface area contributed by atoms with Crippen molar-refractivity contribution in [2.45, 2.75) is 19.6 Å². The Labute approximate surface area is 288 Å². The summed E-state index contributed by atoms with van der Waals surface area (Å²) in [5, 5.41) is 21.0. The van der Waals surface area contributed by atoms with Crippen LogP contribution in [0.25, 0.3) is 21.8 Å². The highest BCUT2D eigenvalue weighted by Crippen LogP contribution is 2.29. The molecule has 50 heavy (non-hydrogen) atoms. The summed E-state index contributed by atoms with van der Waals surface area (Å²) in [4.78, 5) is -1.08. The molecule has 0 bridgehead atoms. The number of nitrogens with zero attached hydrogens (tertiary/aromatic N) is 2. The number of benzene rings is 4. The fourth-order valence-corrected chi connectivity index (χ4v) is 10.3. The number of aromatic amines is 2. The maximum atomic E-state index is 12.7. The van der Waals surface area contributed by atoms with E-state index < -0.39 is 39.7 Å². The van der Waals surface area contributed by atoms with E-state index in [0.717, 1.165) is 23.5 Å². The van der Waals surface area contributed by atoms with Gasteiger partial charge < -0.3 is 10.6 Å². The minimum absolute atomic E-state index is 0.247. The second-order valence-corrected chi connectivity index (χ2v) is 18.1. The molecule has 2 aromatic heterocycles. The van der Waals surface area contributed by atoms with Crippen LogP contribution in [-0.4, -0.2) is 80.7 Å². The van der Waals surface area contributed by atoms with Gasteiger partial charge in [-0.25, -0.2) is 33.7 Å². The van der Waals surface area contributed by atoms with Gasteiger partial charge >= 0.3 is 0 Å². The van der Waals surface area contributed by atoms with E-state index in [2.05, 4.69) is 40.5 Å². The van der Waals surface area contributed by atoms with E-state index in [1.54, 1.807) is 50.5 Å². The lowest BCUT2D eigenvalue weighted by molar-refractivity contribution is 0.588. The van der Waals surface area contributed by atoms with Crippen LogP contribution in [0, 0.1) is 0 Å². The van der Waals surface area contributed by atoms with Crippen LogP contribution >= 0.6 is 0 Å². The largest absolute Gasteiger partial charge is 0.371 e. The number of fused-ring (bicyclic) bond motifs is 2. The summed E-state index contributed by atoms with van der Waals surface area (Å²) in [6.07, 6.45) is 1.94. The third kappa shape index (κ3) is 7.67. The summed E-state index contributed by atoms with van der Waals surface area (Å²) >= 11 is 0. The molecule has 0 spiro atoms. The minimum Gasteiger partial charge on any atom is -0.371 e. The lowest BCUT2D eigenvalue weighted by Gasteiger charge is -2.11. The normalized spacial score (nSPS) is 12.2. The summed E-state index contributed by atoms with van der Waals surface area (Å²) in [6, 6.07) is 20.7. The third-order valence-corrected chi connectivity index (χ3v) is 12.6.